The lowest BCUT2D eigenvalue weighted by Crippen LogP contribution is -2.40. The molecule has 4 aromatic rings. The standard InChI is InChI=1S/C23H27N7O/c1-17-13-25-16-29(17)11-5-10-26-23(31)30(15-19-6-4-9-24-14-19)20-7-8-21-18(2)28(3)27-22(21)12-20/h4,6-9,12-14,16H,5,10-11,15H2,1-3H3,(H,26,31). The smallest absolute Gasteiger partial charge is 0.322 e. The van der Waals surface area contributed by atoms with Crippen LogP contribution in [-0.4, -0.2) is 36.9 Å². The highest BCUT2D eigenvalue weighted by Crippen LogP contribution is 2.25. The normalized spacial score (nSPS) is 11.1. The second-order valence-corrected chi connectivity index (χ2v) is 7.67. The van der Waals surface area contributed by atoms with Crippen molar-refractivity contribution in [3.05, 3.63) is 72.2 Å². The van der Waals surface area contributed by atoms with Crippen LogP contribution in [0.1, 0.15) is 23.4 Å². The Morgan fingerprint density at radius 2 is 2.03 bits per heavy atom. The van der Waals surface area contributed by atoms with Crippen molar-refractivity contribution in [1.29, 1.82) is 0 Å². The highest BCUT2D eigenvalue weighted by molar-refractivity contribution is 5.95. The molecule has 0 saturated heterocycles. The van der Waals surface area contributed by atoms with Crippen LogP contribution in [0.4, 0.5) is 10.5 Å². The Kier molecular flexibility index (Phi) is 5.97. The summed E-state index contributed by atoms with van der Waals surface area (Å²) in [6.07, 6.45) is 7.99. The molecule has 3 heterocycles. The first-order valence-electron chi connectivity index (χ1n) is 10.4. The van der Waals surface area contributed by atoms with E-state index in [9.17, 15) is 4.79 Å². The maximum absolute atomic E-state index is 13.1. The van der Waals surface area contributed by atoms with Gasteiger partial charge in [-0.3, -0.25) is 14.6 Å². The summed E-state index contributed by atoms with van der Waals surface area (Å²) in [6, 6.07) is 9.67. The van der Waals surface area contributed by atoms with E-state index in [2.05, 4.69) is 25.0 Å². The molecule has 2 amide bonds. The van der Waals surface area contributed by atoms with Gasteiger partial charge in [0, 0.05) is 61.2 Å². The molecule has 0 unspecified atom stereocenters. The molecule has 3 aromatic heterocycles. The van der Waals surface area contributed by atoms with Crippen molar-refractivity contribution < 1.29 is 4.79 Å². The van der Waals surface area contributed by atoms with Gasteiger partial charge >= 0.3 is 6.03 Å². The molecule has 0 aliphatic rings. The number of carbonyl (C=O) groups is 1. The number of hydrogen-bond acceptors (Lipinski definition) is 4. The average Bonchev–Trinajstić information content (AvgIpc) is 3.31. The van der Waals surface area contributed by atoms with Gasteiger partial charge in [-0.1, -0.05) is 6.07 Å². The fourth-order valence-electron chi connectivity index (χ4n) is 3.60. The van der Waals surface area contributed by atoms with E-state index in [0.29, 0.717) is 13.1 Å². The van der Waals surface area contributed by atoms with E-state index in [0.717, 1.165) is 46.5 Å². The monoisotopic (exact) mass is 417 g/mol. The summed E-state index contributed by atoms with van der Waals surface area (Å²) < 4.78 is 3.94. The number of urea groups is 1. The molecule has 8 heteroatoms. The van der Waals surface area contributed by atoms with Gasteiger partial charge in [0.05, 0.1) is 18.4 Å². The molecule has 0 spiro atoms. The second kappa shape index (κ2) is 8.99. The number of pyridine rings is 1. The number of nitrogens with one attached hydrogen (secondary N) is 1. The third-order valence-corrected chi connectivity index (χ3v) is 5.51. The fourth-order valence-corrected chi connectivity index (χ4v) is 3.60. The van der Waals surface area contributed by atoms with E-state index in [1.165, 1.54) is 0 Å². The van der Waals surface area contributed by atoms with E-state index in [1.54, 1.807) is 17.3 Å². The van der Waals surface area contributed by atoms with Gasteiger partial charge in [-0.2, -0.15) is 5.10 Å². The predicted molar refractivity (Wildman–Crippen MR) is 121 cm³/mol. The van der Waals surface area contributed by atoms with Crippen molar-refractivity contribution in [2.75, 3.05) is 11.4 Å². The molecule has 0 radical (unpaired) electrons. The van der Waals surface area contributed by atoms with Gasteiger partial charge in [0.1, 0.15) is 0 Å². The summed E-state index contributed by atoms with van der Waals surface area (Å²) in [4.78, 5) is 23.2. The second-order valence-electron chi connectivity index (χ2n) is 7.67. The Balaban J connectivity index is 1.51. The number of carbonyl (C=O) groups excluding carboxylic acids is 1. The van der Waals surface area contributed by atoms with Crippen LogP contribution in [0.2, 0.25) is 0 Å². The number of aromatic nitrogens is 5. The van der Waals surface area contributed by atoms with Crippen molar-refractivity contribution in [3.8, 4) is 0 Å². The van der Waals surface area contributed by atoms with Gasteiger partial charge in [-0.25, -0.2) is 9.78 Å². The largest absolute Gasteiger partial charge is 0.338 e. The number of fused-ring (bicyclic) bond motifs is 1. The number of anilines is 1. The van der Waals surface area contributed by atoms with E-state index in [4.69, 9.17) is 0 Å². The third-order valence-electron chi connectivity index (χ3n) is 5.51. The zero-order valence-corrected chi connectivity index (χ0v) is 18.1. The minimum atomic E-state index is -0.141. The van der Waals surface area contributed by atoms with Crippen LogP contribution in [0.15, 0.2) is 55.2 Å². The summed E-state index contributed by atoms with van der Waals surface area (Å²) in [6.45, 7) is 5.88. The molecule has 0 atom stereocenters. The van der Waals surface area contributed by atoms with Crippen molar-refractivity contribution in [1.82, 2.24) is 29.6 Å². The molecule has 1 aromatic carbocycles. The average molecular weight is 418 g/mol. The maximum Gasteiger partial charge on any atom is 0.322 e. The van der Waals surface area contributed by atoms with Crippen LogP contribution in [-0.2, 0) is 20.1 Å². The molecule has 0 aliphatic carbocycles. The molecule has 8 nitrogen and oxygen atoms in total. The van der Waals surface area contributed by atoms with Crippen LogP contribution in [0.3, 0.4) is 0 Å². The first kappa shape index (κ1) is 20.6. The Labute approximate surface area is 181 Å². The molecule has 0 aliphatic heterocycles. The fraction of sp³-hybridized carbons (Fsp3) is 0.304. The molecule has 4 rings (SSSR count). The van der Waals surface area contributed by atoms with Crippen molar-refractivity contribution >= 4 is 22.6 Å². The van der Waals surface area contributed by atoms with Gasteiger partial charge in [0.15, 0.2) is 0 Å². The number of nitrogens with zero attached hydrogens (tertiary/aromatic N) is 6. The van der Waals surface area contributed by atoms with E-state index in [1.807, 2.05) is 68.4 Å². The van der Waals surface area contributed by atoms with Gasteiger partial charge in [0.25, 0.3) is 0 Å². The summed E-state index contributed by atoms with van der Waals surface area (Å²) >= 11 is 0. The van der Waals surface area contributed by atoms with Crippen LogP contribution < -0.4 is 10.2 Å². The maximum atomic E-state index is 13.1. The van der Waals surface area contributed by atoms with Crippen molar-refractivity contribution in [3.63, 3.8) is 0 Å². The van der Waals surface area contributed by atoms with Crippen LogP contribution >= 0.6 is 0 Å². The SMILES string of the molecule is Cc1cncn1CCCNC(=O)N(Cc1cccnc1)c1ccc2c(C)n(C)nc2c1. The lowest BCUT2D eigenvalue weighted by Gasteiger charge is -2.23. The quantitative estimate of drug-likeness (QED) is 0.466. The van der Waals surface area contributed by atoms with Gasteiger partial charge < -0.3 is 9.88 Å². The Hall–Kier alpha value is -3.68. The summed E-state index contributed by atoms with van der Waals surface area (Å²) in [5.41, 5.74) is 4.85. The molecular weight excluding hydrogens is 390 g/mol. The molecule has 0 bridgehead atoms. The molecule has 0 saturated carbocycles. The zero-order valence-electron chi connectivity index (χ0n) is 18.1. The predicted octanol–water partition coefficient (Wildman–Crippen LogP) is 3.59. The number of imidazole rings is 1. The molecule has 160 valence electrons. The number of benzene rings is 1. The highest BCUT2D eigenvalue weighted by Gasteiger charge is 2.18. The van der Waals surface area contributed by atoms with Crippen LogP contribution in [0.25, 0.3) is 10.9 Å². The van der Waals surface area contributed by atoms with Crippen molar-refractivity contribution in [2.45, 2.75) is 33.4 Å². The highest BCUT2D eigenvalue weighted by atomic mass is 16.2. The lowest BCUT2D eigenvalue weighted by molar-refractivity contribution is 0.245. The third kappa shape index (κ3) is 4.58. The number of hydrogen-bond donors (Lipinski definition) is 1. The Morgan fingerprint density at radius 3 is 2.77 bits per heavy atom. The van der Waals surface area contributed by atoms with E-state index in [-0.39, 0.29) is 6.03 Å². The van der Waals surface area contributed by atoms with E-state index < -0.39 is 0 Å². The summed E-state index contributed by atoms with van der Waals surface area (Å²) in [5, 5.41) is 8.71. The number of aryl methyl sites for hydroxylation is 4. The number of rotatable bonds is 7. The van der Waals surface area contributed by atoms with Crippen LogP contribution in [0, 0.1) is 13.8 Å². The van der Waals surface area contributed by atoms with Crippen LogP contribution in [0.5, 0.6) is 0 Å². The molecular formula is C23H27N7O. The number of amides is 2. The Bertz CT molecular complexity index is 1180. The molecule has 31 heavy (non-hydrogen) atoms. The zero-order chi connectivity index (χ0) is 21.8. The first-order chi connectivity index (χ1) is 15.0. The molecule has 1 N–H and O–H groups in total. The molecule has 0 fully saturated rings. The topological polar surface area (TPSA) is 80.9 Å². The van der Waals surface area contributed by atoms with E-state index >= 15 is 0 Å². The minimum Gasteiger partial charge on any atom is -0.338 e. The lowest BCUT2D eigenvalue weighted by atomic mass is 10.1. The summed E-state index contributed by atoms with van der Waals surface area (Å²) in [5.74, 6) is 0. The summed E-state index contributed by atoms with van der Waals surface area (Å²) in [7, 11) is 1.93. The minimum absolute atomic E-state index is 0.141. The van der Waals surface area contributed by atoms with Gasteiger partial charge in [-0.05, 0) is 50.1 Å². The van der Waals surface area contributed by atoms with Crippen molar-refractivity contribution in [2.24, 2.45) is 7.05 Å². The first-order valence-corrected chi connectivity index (χ1v) is 10.4. The van der Waals surface area contributed by atoms with Gasteiger partial charge in [-0.15, -0.1) is 0 Å². The Morgan fingerprint density at radius 1 is 1.16 bits per heavy atom. The van der Waals surface area contributed by atoms with Gasteiger partial charge in [0.2, 0.25) is 0 Å².